The number of primary sulfonamides is 1. The molecule has 0 radical (unpaired) electrons. The first kappa shape index (κ1) is 13.6. The first-order chi connectivity index (χ1) is 8.99. The van der Waals surface area contributed by atoms with Crippen LogP contribution in [0, 0.1) is 0 Å². The molecule has 1 heterocycles. The summed E-state index contributed by atoms with van der Waals surface area (Å²) in [5.41, 5.74) is 0. The number of hydrogen-bond acceptors (Lipinski definition) is 5. The molecule has 0 aliphatic heterocycles. The number of benzene rings is 1. The number of nitrogens with one attached hydrogen (secondary N) is 1. The van der Waals surface area contributed by atoms with Gasteiger partial charge in [-0.25, -0.2) is 18.5 Å². The number of nitrogens with zero attached hydrogens (tertiary/aromatic N) is 1. The van der Waals surface area contributed by atoms with E-state index in [4.69, 9.17) is 9.88 Å². The van der Waals surface area contributed by atoms with Crippen LogP contribution in [0.5, 0.6) is 5.75 Å². The van der Waals surface area contributed by atoms with Crippen molar-refractivity contribution in [3.05, 3.63) is 30.5 Å². The molecule has 0 bridgehead atoms. The maximum atomic E-state index is 10.9. The molecule has 3 N–H and O–H groups in total. The Bertz CT molecular complexity index is 686. The van der Waals surface area contributed by atoms with Crippen molar-refractivity contribution in [2.75, 3.05) is 24.7 Å². The summed E-state index contributed by atoms with van der Waals surface area (Å²) in [6, 6.07) is 7.46. The Kier molecular flexibility index (Phi) is 3.87. The van der Waals surface area contributed by atoms with Crippen LogP contribution in [-0.4, -0.2) is 32.8 Å². The standard InChI is InChI=1S/C12H15N3O3S/c1-18-10-2-3-11-9(8-10)4-5-14-12(11)15-6-7-19(13,16)17/h2-5,8H,6-7H2,1H3,(H,14,15)(H2,13,16,17). The first-order valence-corrected chi connectivity index (χ1v) is 7.38. The molecule has 1 aromatic heterocycles. The van der Waals surface area contributed by atoms with Gasteiger partial charge in [0.15, 0.2) is 0 Å². The molecule has 0 unspecified atom stereocenters. The lowest BCUT2D eigenvalue weighted by atomic mass is 10.1. The molecular formula is C12H15N3O3S. The molecule has 19 heavy (non-hydrogen) atoms. The molecule has 0 aliphatic rings. The minimum absolute atomic E-state index is 0.138. The maximum Gasteiger partial charge on any atom is 0.210 e. The number of rotatable bonds is 5. The lowest BCUT2D eigenvalue weighted by Crippen LogP contribution is -2.22. The maximum absolute atomic E-state index is 10.9. The van der Waals surface area contributed by atoms with Crippen LogP contribution >= 0.6 is 0 Å². The van der Waals surface area contributed by atoms with Gasteiger partial charge >= 0.3 is 0 Å². The van der Waals surface area contributed by atoms with Gasteiger partial charge in [-0.05, 0) is 29.7 Å². The van der Waals surface area contributed by atoms with E-state index >= 15 is 0 Å². The normalized spacial score (nSPS) is 11.5. The number of anilines is 1. The van der Waals surface area contributed by atoms with Crippen LogP contribution in [0.3, 0.4) is 0 Å². The predicted molar refractivity (Wildman–Crippen MR) is 74.8 cm³/mol. The Morgan fingerprint density at radius 2 is 2.16 bits per heavy atom. The fourth-order valence-electron chi connectivity index (χ4n) is 1.74. The van der Waals surface area contributed by atoms with Gasteiger partial charge in [0, 0.05) is 18.1 Å². The molecule has 0 fully saturated rings. The van der Waals surface area contributed by atoms with Gasteiger partial charge in [-0.15, -0.1) is 0 Å². The monoisotopic (exact) mass is 281 g/mol. The highest BCUT2D eigenvalue weighted by atomic mass is 32.2. The SMILES string of the molecule is COc1ccc2c(NCCS(N)(=O)=O)nccc2c1. The van der Waals surface area contributed by atoms with Gasteiger partial charge in [0.05, 0.1) is 12.9 Å². The van der Waals surface area contributed by atoms with Gasteiger partial charge in [0.1, 0.15) is 11.6 Å². The van der Waals surface area contributed by atoms with Crippen molar-refractivity contribution in [1.82, 2.24) is 4.98 Å². The van der Waals surface area contributed by atoms with Crippen molar-refractivity contribution in [1.29, 1.82) is 0 Å². The summed E-state index contributed by atoms with van der Waals surface area (Å²) >= 11 is 0. The van der Waals surface area contributed by atoms with E-state index in [1.165, 1.54) is 0 Å². The van der Waals surface area contributed by atoms with Crippen LogP contribution in [0.1, 0.15) is 0 Å². The molecule has 7 heteroatoms. The van der Waals surface area contributed by atoms with E-state index in [9.17, 15) is 8.42 Å². The van der Waals surface area contributed by atoms with Crippen LogP contribution in [0.4, 0.5) is 5.82 Å². The van der Waals surface area contributed by atoms with Crippen molar-refractivity contribution < 1.29 is 13.2 Å². The molecule has 2 rings (SSSR count). The molecular weight excluding hydrogens is 266 g/mol. The van der Waals surface area contributed by atoms with Crippen molar-refractivity contribution in [3.63, 3.8) is 0 Å². The Morgan fingerprint density at radius 1 is 1.37 bits per heavy atom. The van der Waals surface area contributed by atoms with Crippen molar-refractivity contribution in [2.24, 2.45) is 5.14 Å². The van der Waals surface area contributed by atoms with Gasteiger partial charge in [-0.3, -0.25) is 0 Å². The number of aromatic nitrogens is 1. The number of ether oxygens (including phenoxy) is 1. The third kappa shape index (κ3) is 3.55. The second kappa shape index (κ2) is 5.41. The van der Waals surface area contributed by atoms with Crippen LogP contribution in [0.2, 0.25) is 0 Å². The Balaban J connectivity index is 2.24. The molecule has 0 spiro atoms. The summed E-state index contributed by atoms with van der Waals surface area (Å²) in [5, 5.41) is 9.78. The van der Waals surface area contributed by atoms with Gasteiger partial charge in [0.2, 0.25) is 10.0 Å². The van der Waals surface area contributed by atoms with Crippen LogP contribution in [0.15, 0.2) is 30.5 Å². The van der Waals surface area contributed by atoms with Crippen molar-refractivity contribution in [3.8, 4) is 5.75 Å². The third-order valence-corrected chi connectivity index (χ3v) is 3.42. The highest BCUT2D eigenvalue weighted by molar-refractivity contribution is 7.89. The van der Waals surface area contributed by atoms with Crippen molar-refractivity contribution in [2.45, 2.75) is 0 Å². The molecule has 0 atom stereocenters. The highest BCUT2D eigenvalue weighted by Crippen LogP contribution is 2.25. The number of fused-ring (bicyclic) bond motifs is 1. The fraction of sp³-hybridized carbons (Fsp3) is 0.250. The average molecular weight is 281 g/mol. The van der Waals surface area contributed by atoms with E-state index in [1.54, 1.807) is 13.3 Å². The summed E-state index contributed by atoms with van der Waals surface area (Å²) in [4.78, 5) is 4.19. The Labute approximate surface area is 111 Å². The molecule has 0 saturated carbocycles. The lowest BCUT2D eigenvalue weighted by molar-refractivity contribution is 0.415. The molecule has 0 aliphatic carbocycles. The predicted octanol–water partition coefficient (Wildman–Crippen LogP) is 0.944. The molecule has 6 nitrogen and oxygen atoms in total. The molecule has 102 valence electrons. The zero-order valence-electron chi connectivity index (χ0n) is 10.5. The van der Waals surface area contributed by atoms with E-state index in [0.29, 0.717) is 5.82 Å². The zero-order valence-corrected chi connectivity index (χ0v) is 11.3. The van der Waals surface area contributed by atoms with Crippen LogP contribution in [-0.2, 0) is 10.0 Å². The lowest BCUT2D eigenvalue weighted by Gasteiger charge is -2.09. The molecule has 1 aromatic carbocycles. The van der Waals surface area contributed by atoms with E-state index in [1.807, 2.05) is 24.3 Å². The van der Waals surface area contributed by atoms with E-state index in [-0.39, 0.29) is 12.3 Å². The van der Waals surface area contributed by atoms with Gasteiger partial charge in [0.25, 0.3) is 0 Å². The van der Waals surface area contributed by atoms with Crippen molar-refractivity contribution >= 4 is 26.6 Å². The zero-order chi connectivity index (χ0) is 13.9. The number of nitrogens with two attached hydrogens (primary N) is 1. The number of pyridine rings is 1. The van der Waals surface area contributed by atoms with Gasteiger partial charge < -0.3 is 10.1 Å². The number of hydrogen-bond donors (Lipinski definition) is 2. The topological polar surface area (TPSA) is 94.3 Å². The molecule has 0 amide bonds. The van der Waals surface area contributed by atoms with E-state index in [0.717, 1.165) is 16.5 Å². The summed E-state index contributed by atoms with van der Waals surface area (Å²) in [6.45, 7) is 0.219. The molecule has 0 saturated heterocycles. The summed E-state index contributed by atoms with van der Waals surface area (Å²) in [5.74, 6) is 1.25. The Morgan fingerprint density at radius 3 is 2.84 bits per heavy atom. The average Bonchev–Trinajstić information content (AvgIpc) is 2.37. The summed E-state index contributed by atoms with van der Waals surface area (Å²) in [6.07, 6.45) is 1.65. The summed E-state index contributed by atoms with van der Waals surface area (Å²) in [7, 11) is -1.86. The molecule has 2 aromatic rings. The van der Waals surface area contributed by atoms with Crippen LogP contribution < -0.4 is 15.2 Å². The second-order valence-corrected chi connectivity index (χ2v) is 5.77. The minimum atomic E-state index is -3.47. The quantitative estimate of drug-likeness (QED) is 0.850. The van der Waals surface area contributed by atoms with E-state index in [2.05, 4.69) is 10.3 Å². The number of sulfonamides is 1. The van der Waals surface area contributed by atoms with Crippen LogP contribution in [0.25, 0.3) is 10.8 Å². The first-order valence-electron chi connectivity index (χ1n) is 5.67. The largest absolute Gasteiger partial charge is 0.497 e. The minimum Gasteiger partial charge on any atom is -0.497 e. The number of methoxy groups -OCH3 is 1. The Hall–Kier alpha value is -1.86. The van der Waals surface area contributed by atoms with E-state index < -0.39 is 10.0 Å². The summed E-state index contributed by atoms with van der Waals surface area (Å²) < 4.78 is 26.9. The van der Waals surface area contributed by atoms with Gasteiger partial charge in [-0.2, -0.15) is 0 Å². The fourth-order valence-corrected chi connectivity index (χ4v) is 2.12. The highest BCUT2D eigenvalue weighted by Gasteiger charge is 2.05. The smallest absolute Gasteiger partial charge is 0.210 e. The second-order valence-electron chi connectivity index (χ2n) is 4.04. The van der Waals surface area contributed by atoms with Gasteiger partial charge in [-0.1, -0.05) is 0 Å². The third-order valence-electron chi connectivity index (χ3n) is 2.65.